The van der Waals surface area contributed by atoms with Crippen molar-refractivity contribution in [3.63, 3.8) is 0 Å². The number of carbonyl (C=O) groups excluding carboxylic acids is 3. The Kier molecular flexibility index (Phi) is 7.21. The number of esters is 1. The summed E-state index contributed by atoms with van der Waals surface area (Å²) in [6.07, 6.45) is 0.625. The number of nitrogens with zero attached hydrogens (tertiary/aromatic N) is 1. The summed E-state index contributed by atoms with van der Waals surface area (Å²) < 4.78 is 10.9. The second-order valence-electron chi connectivity index (χ2n) is 8.31. The number of ether oxygens (including phenoxy) is 2. The topological polar surface area (TPSA) is 93.1 Å². The van der Waals surface area contributed by atoms with Crippen molar-refractivity contribution >= 4 is 23.4 Å². The van der Waals surface area contributed by atoms with E-state index in [1.165, 1.54) is 11.8 Å². The number of aryl methyl sites for hydroxylation is 1. The number of Topliss-reactive ketones (excluding diaryl/α,β-unsaturated/α-hetero) is 1. The fourth-order valence-electron chi connectivity index (χ4n) is 3.95. The number of amides is 1. The van der Waals surface area contributed by atoms with Gasteiger partial charge in [-0.25, -0.2) is 0 Å². The lowest BCUT2D eigenvalue weighted by Crippen LogP contribution is -2.30. The highest BCUT2D eigenvalue weighted by Gasteiger charge is 2.45. The van der Waals surface area contributed by atoms with Gasteiger partial charge in [-0.2, -0.15) is 0 Å². The lowest BCUT2D eigenvalue weighted by Gasteiger charge is -2.25. The van der Waals surface area contributed by atoms with Gasteiger partial charge < -0.3 is 19.5 Å². The number of rotatable bonds is 7. The van der Waals surface area contributed by atoms with Crippen LogP contribution < -0.4 is 9.47 Å². The van der Waals surface area contributed by atoms with Crippen LogP contribution in [0.2, 0.25) is 0 Å². The number of ketones is 1. The molecule has 3 rings (SSSR count). The van der Waals surface area contributed by atoms with Crippen LogP contribution in [-0.4, -0.2) is 40.3 Å². The van der Waals surface area contributed by atoms with Crippen molar-refractivity contribution < 1.29 is 29.0 Å². The molecule has 0 aliphatic carbocycles. The van der Waals surface area contributed by atoms with Gasteiger partial charge in [-0.3, -0.25) is 14.4 Å². The van der Waals surface area contributed by atoms with Gasteiger partial charge in [0.25, 0.3) is 11.7 Å². The predicted octanol–water partition coefficient (Wildman–Crippen LogP) is 4.54. The summed E-state index contributed by atoms with van der Waals surface area (Å²) >= 11 is 0. The smallest absolute Gasteiger partial charge is 0.308 e. The Labute approximate surface area is 193 Å². The molecule has 7 heteroatoms. The Balaban J connectivity index is 2.14. The van der Waals surface area contributed by atoms with Gasteiger partial charge in [-0.15, -0.1) is 0 Å². The van der Waals surface area contributed by atoms with Gasteiger partial charge in [-0.1, -0.05) is 19.1 Å². The third kappa shape index (κ3) is 5.08. The molecule has 1 saturated heterocycles. The predicted molar refractivity (Wildman–Crippen MR) is 124 cm³/mol. The van der Waals surface area contributed by atoms with Crippen LogP contribution in [0, 0.1) is 6.92 Å². The molecule has 174 valence electrons. The van der Waals surface area contributed by atoms with Crippen molar-refractivity contribution in [1.82, 2.24) is 4.90 Å². The largest absolute Gasteiger partial charge is 0.507 e. The Hall–Kier alpha value is -3.61. The molecule has 2 aromatic carbocycles. The van der Waals surface area contributed by atoms with Crippen LogP contribution in [0.15, 0.2) is 48.0 Å². The summed E-state index contributed by atoms with van der Waals surface area (Å²) in [5.41, 5.74) is 1.79. The maximum atomic E-state index is 13.0. The third-order valence-electron chi connectivity index (χ3n) is 5.25. The number of aliphatic hydroxyl groups excluding tert-OH is 1. The second kappa shape index (κ2) is 9.90. The molecule has 0 aromatic heterocycles. The highest BCUT2D eigenvalue weighted by atomic mass is 16.5. The van der Waals surface area contributed by atoms with E-state index in [1.807, 2.05) is 27.7 Å². The minimum absolute atomic E-state index is 0.00496. The van der Waals surface area contributed by atoms with Crippen LogP contribution in [0.3, 0.4) is 0 Å². The Morgan fingerprint density at radius 2 is 1.88 bits per heavy atom. The van der Waals surface area contributed by atoms with E-state index in [2.05, 4.69) is 0 Å². The molecule has 1 heterocycles. The molecular weight excluding hydrogens is 422 g/mol. The molecule has 1 aliphatic rings. The molecule has 1 unspecified atom stereocenters. The quantitative estimate of drug-likeness (QED) is 0.218. The van der Waals surface area contributed by atoms with Crippen LogP contribution in [-0.2, 0) is 14.4 Å². The fraction of sp³-hybridized carbons (Fsp3) is 0.346. The first kappa shape index (κ1) is 24.0. The molecule has 0 saturated carbocycles. The van der Waals surface area contributed by atoms with Crippen molar-refractivity contribution in [1.29, 1.82) is 0 Å². The standard InChI is InChI=1S/C26H29NO6/c1-6-12-27-23(18-8-7-9-20(14-18)33-17(5)28)22(25(30)26(27)31)24(29)19-10-11-21(16(4)13-19)32-15(2)3/h7-11,13-15,23,29H,6,12H2,1-5H3/b24-22+. The monoisotopic (exact) mass is 451 g/mol. The maximum Gasteiger partial charge on any atom is 0.308 e. The fourth-order valence-corrected chi connectivity index (χ4v) is 3.95. The Morgan fingerprint density at radius 1 is 1.15 bits per heavy atom. The molecule has 7 nitrogen and oxygen atoms in total. The molecule has 1 fully saturated rings. The van der Waals surface area contributed by atoms with Gasteiger partial charge in [0.2, 0.25) is 0 Å². The number of likely N-dealkylation sites (tertiary alicyclic amines) is 1. The zero-order chi connectivity index (χ0) is 24.3. The van der Waals surface area contributed by atoms with E-state index in [0.29, 0.717) is 35.6 Å². The Bertz CT molecular complexity index is 1120. The SMILES string of the molecule is CCCN1C(=O)C(=O)/C(=C(/O)c2ccc(OC(C)C)c(C)c2)C1c1cccc(OC(C)=O)c1. The van der Waals surface area contributed by atoms with Crippen LogP contribution in [0.4, 0.5) is 0 Å². The van der Waals surface area contributed by atoms with Crippen molar-refractivity contribution in [2.75, 3.05) is 6.54 Å². The third-order valence-corrected chi connectivity index (χ3v) is 5.25. The lowest BCUT2D eigenvalue weighted by molar-refractivity contribution is -0.139. The van der Waals surface area contributed by atoms with Crippen LogP contribution in [0.1, 0.15) is 56.8 Å². The number of aliphatic hydroxyl groups is 1. The zero-order valence-corrected chi connectivity index (χ0v) is 19.5. The molecule has 33 heavy (non-hydrogen) atoms. The number of benzene rings is 2. The molecule has 1 aliphatic heterocycles. The van der Waals surface area contributed by atoms with Gasteiger partial charge >= 0.3 is 5.97 Å². The van der Waals surface area contributed by atoms with Crippen molar-refractivity contribution in [2.45, 2.75) is 53.2 Å². The molecule has 2 aromatic rings. The van der Waals surface area contributed by atoms with Gasteiger partial charge in [-0.05, 0) is 68.7 Å². The van der Waals surface area contributed by atoms with Crippen LogP contribution >= 0.6 is 0 Å². The molecule has 1 atom stereocenters. The van der Waals surface area contributed by atoms with Crippen LogP contribution in [0.25, 0.3) is 5.76 Å². The molecule has 0 bridgehead atoms. The summed E-state index contributed by atoms with van der Waals surface area (Å²) in [6, 6.07) is 11.0. The number of hydrogen-bond acceptors (Lipinski definition) is 6. The van der Waals surface area contributed by atoms with Crippen molar-refractivity contribution in [2.24, 2.45) is 0 Å². The number of hydrogen-bond donors (Lipinski definition) is 1. The van der Waals surface area contributed by atoms with Crippen molar-refractivity contribution in [3.05, 3.63) is 64.7 Å². The molecule has 0 spiro atoms. The van der Waals surface area contributed by atoms with E-state index < -0.39 is 23.7 Å². The molecule has 1 N–H and O–H groups in total. The van der Waals surface area contributed by atoms with Gasteiger partial charge in [0.1, 0.15) is 17.3 Å². The summed E-state index contributed by atoms with van der Waals surface area (Å²) in [4.78, 5) is 38.7. The summed E-state index contributed by atoms with van der Waals surface area (Å²) in [6.45, 7) is 9.24. The maximum absolute atomic E-state index is 13.0. The normalized spacial score (nSPS) is 17.5. The first-order valence-electron chi connectivity index (χ1n) is 11.0. The Morgan fingerprint density at radius 3 is 2.48 bits per heavy atom. The van der Waals surface area contributed by atoms with E-state index in [4.69, 9.17) is 9.47 Å². The summed E-state index contributed by atoms with van der Waals surface area (Å²) in [5, 5.41) is 11.2. The van der Waals surface area contributed by atoms with E-state index in [-0.39, 0.29) is 17.4 Å². The van der Waals surface area contributed by atoms with Crippen molar-refractivity contribution in [3.8, 4) is 11.5 Å². The first-order valence-corrected chi connectivity index (χ1v) is 11.0. The van der Waals surface area contributed by atoms with Gasteiger partial charge in [0, 0.05) is 19.0 Å². The van der Waals surface area contributed by atoms with Gasteiger partial charge in [0.05, 0.1) is 17.7 Å². The summed E-state index contributed by atoms with van der Waals surface area (Å²) in [5.74, 6) is -1.17. The number of carbonyl (C=O) groups is 3. The average molecular weight is 452 g/mol. The highest BCUT2D eigenvalue weighted by Crippen LogP contribution is 2.40. The molecular formula is C26H29NO6. The molecule has 1 amide bonds. The van der Waals surface area contributed by atoms with E-state index in [9.17, 15) is 19.5 Å². The summed E-state index contributed by atoms with van der Waals surface area (Å²) in [7, 11) is 0. The highest BCUT2D eigenvalue weighted by molar-refractivity contribution is 6.46. The van der Waals surface area contributed by atoms with E-state index in [1.54, 1.807) is 42.5 Å². The van der Waals surface area contributed by atoms with Gasteiger partial charge in [0.15, 0.2) is 0 Å². The second-order valence-corrected chi connectivity index (χ2v) is 8.31. The zero-order valence-electron chi connectivity index (χ0n) is 19.5. The first-order chi connectivity index (χ1) is 15.6. The van der Waals surface area contributed by atoms with E-state index in [0.717, 1.165) is 5.56 Å². The minimum Gasteiger partial charge on any atom is -0.507 e. The lowest BCUT2D eigenvalue weighted by atomic mass is 9.94. The average Bonchev–Trinajstić information content (AvgIpc) is 2.99. The molecule has 0 radical (unpaired) electrons. The minimum atomic E-state index is -0.799. The van der Waals surface area contributed by atoms with E-state index >= 15 is 0 Å². The van der Waals surface area contributed by atoms with Crippen LogP contribution in [0.5, 0.6) is 11.5 Å².